The monoisotopic (exact) mass is 782 g/mol. The molecular formula is C54H62N4O. The van der Waals surface area contributed by atoms with Crippen molar-refractivity contribution in [2.24, 2.45) is 10.8 Å². The molecule has 304 valence electrons. The highest BCUT2D eigenvalue weighted by Crippen LogP contribution is 2.50. The normalized spacial score (nSPS) is 13.9. The third kappa shape index (κ3) is 9.10. The average Bonchev–Trinajstić information content (AvgIpc) is 3.62. The van der Waals surface area contributed by atoms with E-state index < -0.39 is 0 Å². The molecule has 0 fully saturated rings. The van der Waals surface area contributed by atoms with Crippen molar-refractivity contribution in [3.8, 4) is 22.6 Å². The minimum Gasteiger partial charge on any atom is -0.457 e. The molecule has 1 aliphatic rings. The van der Waals surface area contributed by atoms with Crippen LogP contribution in [-0.4, -0.2) is 11.7 Å². The summed E-state index contributed by atoms with van der Waals surface area (Å²) in [6.45, 7) is 28.7. The lowest BCUT2D eigenvalue weighted by molar-refractivity contribution is 0.444. The minimum absolute atomic E-state index is 0.00280. The van der Waals surface area contributed by atoms with E-state index in [1.807, 2.05) is 36.5 Å². The molecule has 7 rings (SSSR count). The summed E-state index contributed by atoms with van der Waals surface area (Å²) in [5.41, 5.74) is 11.6. The number of rotatable bonds is 8. The second kappa shape index (κ2) is 15.7. The summed E-state index contributed by atoms with van der Waals surface area (Å²) in [5.74, 6) is 2.35. The number of anilines is 5. The highest BCUT2D eigenvalue weighted by Gasteiger charge is 2.42. The molecule has 0 radical (unpaired) electrons. The van der Waals surface area contributed by atoms with E-state index in [2.05, 4.69) is 207 Å². The number of hydrogen-bond donors (Lipinski definition) is 0. The van der Waals surface area contributed by atoms with Gasteiger partial charge in [0.15, 0.2) is 0 Å². The summed E-state index contributed by atoms with van der Waals surface area (Å²) in [7, 11) is 0. The summed E-state index contributed by atoms with van der Waals surface area (Å²) in [4.78, 5) is 12.0. The second-order valence-electron chi connectivity index (χ2n) is 20.0. The number of ether oxygens (including phenoxy) is 1. The third-order valence-corrected chi connectivity index (χ3v) is 10.9. The molecule has 0 spiro atoms. The van der Waals surface area contributed by atoms with Crippen LogP contribution >= 0.6 is 0 Å². The fourth-order valence-corrected chi connectivity index (χ4v) is 8.01. The van der Waals surface area contributed by atoms with Crippen molar-refractivity contribution in [1.29, 1.82) is 0 Å². The molecule has 0 N–H and O–H groups in total. The first-order valence-electron chi connectivity index (χ1n) is 21.0. The van der Waals surface area contributed by atoms with Gasteiger partial charge < -0.3 is 14.5 Å². The van der Waals surface area contributed by atoms with Gasteiger partial charge in [-0.3, -0.25) is 4.90 Å². The zero-order chi connectivity index (χ0) is 42.3. The van der Waals surface area contributed by atoms with Crippen LogP contribution in [-0.2, 0) is 10.8 Å². The standard InChI is InChI=1S/C54H62N4O/c1-51(2,3)40-32-41(52(4,5)6)34-45(33-40)57-37-56(49(53(7,8)9)50(57)54(10,11)12)44-30-39(38-22-15-13-16-23-38)31-47(36-44)59-46-27-21-26-43(35-46)58(42-24-17-14-18-25-42)48-28-19-20-29-55-48/h13-36H,37H2,1-12H3. The molecule has 1 aliphatic heterocycles. The van der Waals surface area contributed by atoms with E-state index in [1.54, 1.807) is 0 Å². The van der Waals surface area contributed by atoms with Crippen molar-refractivity contribution in [2.75, 3.05) is 21.4 Å². The molecule has 6 aromatic rings. The summed E-state index contributed by atoms with van der Waals surface area (Å²) in [6, 6.07) is 49.3. The van der Waals surface area contributed by atoms with Gasteiger partial charge in [0.2, 0.25) is 0 Å². The van der Waals surface area contributed by atoms with Gasteiger partial charge in [-0.05, 0) is 93.7 Å². The van der Waals surface area contributed by atoms with Gasteiger partial charge in [0.05, 0.1) is 12.4 Å². The lowest BCUT2D eigenvalue weighted by Gasteiger charge is -2.35. The molecule has 1 aromatic heterocycles. The van der Waals surface area contributed by atoms with Crippen molar-refractivity contribution in [3.63, 3.8) is 0 Å². The molecule has 0 amide bonds. The van der Waals surface area contributed by atoms with Crippen molar-refractivity contribution in [3.05, 3.63) is 168 Å². The van der Waals surface area contributed by atoms with Crippen LogP contribution in [0.5, 0.6) is 11.5 Å². The molecule has 0 saturated carbocycles. The summed E-state index contributed by atoms with van der Waals surface area (Å²) in [5, 5.41) is 0. The van der Waals surface area contributed by atoms with Crippen molar-refractivity contribution in [2.45, 2.75) is 93.9 Å². The summed E-state index contributed by atoms with van der Waals surface area (Å²) >= 11 is 0. The van der Waals surface area contributed by atoms with E-state index in [9.17, 15) is 0 Å². The number of nitrogens with zero attached hydrogens (tertiary/aromatic N) is 4. The first-order valence-corrected chi connectivity index (χ1v) is 21.0. The Bertz CT molecular complexity index is 2350. The lowest BCUT2D eigenvalue weighted by atomic mass is 9.79. The smallest absolute Gasteiger partial charge is 0.137 e. The van der Waals surface area contributed by atoms with E-state index in [4.69, 9.17) is 9.72 Å². The Kier molecular flexibility index (Phi) is 11.0. The molecule has 59 heavy (non-hydrogen) atoms. The first kappa shape index (κ1) is 41.4. The summed E-state index contributed by atoms with van der Waals surface area (Å²) in [6.07, 6.45) is 1.83. The van der Waals surface area contributed by atoms with Crippen LogP contribution in [0.25, 0.3) is 11.1 Å². The van der Waals surface area contributed by atoms with Crippen LogP contribution in [0.1, 0.15) is 94.2 Å². The molecule has 0 saturated heterocycles. The van der Waals surface area contributed by atoms with Gasteiger partial charge in [-0.1, -0.05) is 150 Å². The number of allylic oxidation sites excluding steroid dienone is 2. The Hall–Kier alpha value is -5.81. The van der Waals surface area contributed by atoms with Crippen LogP contribution in [0.15, 0.2) is 157 Å². The van der Waals surface area contributed by atoms with Gasteiger partial charge >= 0.3 is 0 Å². The van der Waals surface area contributed by atoms with Crippen molar-refractivity contribution < 1.29 is 4.74 Å². The molecule has 0 aliphatic carbocycles. The number of benzene rings is 5. The molecular weight excluding hydrogens is 721 g/mol. The van der Waals surface area contributed by atoms with Gasteiger partial charge in [-0.15, -0.1) is 0 Å². The predicted octanol–water partition coefficient (Wildman–Crippen LogP) is 15.2. The van der Waals surface area contributed by atoms with E-state index in [-0.39, 0.29) is 21.7 Å². The van der Waals surface area contributed by atoms with Crippen molar-refractivity contribution in [1.82, 2.24) is 4.98 Å². The average molecular weight is 783 g/mol. The molecule has 5 aromatic carbocycles. The Morgan fingerprint density at radius 3 is 1.54 bits per heavy atom. The zero-order valence-electron chi connectivity index (χ0n) is 37.3. The van der Waals surface area contributed by atoms with Gasteiger partial charge in [0.1, 0.15) is 17.3 Å². The van der Waals surface area contributed by atoms with E-state index in [0.29, 0.717) is 6.67 Å². The van der Waals surface area contributed by atoms with Gasteiger partial charge in [-0.2, -0.15) is 0 Å². The maximum atomic E-state index is 6.93. The second-order valence-corrected chi connectivity index (χ2v) is 20.0. The molecule has 0 unspecified atom stereocenters. The molecule has 0 bridgehead atoms. The molecule has 2 heterocycles. The van der Waals surface area contributed by atoms with Crippen molar-refractivity contribution >= 4 is 28.6 Å². The maximum absolute atomic E-state index is 6.93. The van der Waals surface area contributed by atoms with Gasteiger partial charge in [0, 0.05) is 57.6 Å². The van der Waals surface area contributed by atoms with Crippen LogP contribution in [0, 0.1) is 10.8 Å². The van der Waals surface area contributed by atoms with Crippen LogP contribution in [0.3, 0.4) is 0 Å². The Balaban J connectivity index is 1.37. The van der Waals surface area contributed by atoms with Gasteiger partial charge in [-0.25, -0.2) is 4.98 Å². The Morgan fingerprint density at radius 1 is 0.458 bits per heavy atom. The third-order valence-electron chi connectivity index (χ3n) is 10.9. The topological polar surface area (TPSA) is 31.8 Å². The largest absolute Gasteiger partial charge is 0.457 e. The number of pyridine rings is 1. The SMILES string of the molecule is CC(C)(C)C1=C(C(C)(C)C)N(c2cc(C(C)(C)C)cc(C(C)(C)C)c2)CN1c1cc(Oc2cccc(N(c3ccccc3)c3ccccn3)c2)cc(-c2ccccc2)c1. The Morgan fingerprint density at radius 2 is 1.00 bits per heavy atom. The Labute approximate surface area is 354 Å². The van der Waals surface area contributed by atoms with E-state index in [1.165, 1.54) is 28.2 Å². The number of aromatic nitrogens is 1. The van der Waals surface area contributed by atoms with Crippen LogP contribution < -0.4 is 19.4 Å². The first-order chi connectivity index (χ1) is 27.8. The maximum Gasteiger partial charge on any atom is 0.137 e. The number of para-hydroxylation sites is 1. The highest BCUT2D eigenvalue weighted by atomic mass is 16.5. The summed E-state index contributed by atoms with van der Waals surface area (Å²) < 4.78 is 6.93. The minimum atomic E-state index is -0.170. The zero-order valence-corrected chi connectivity index (χ0v) is 37.3. The molecule has 5 nitrogen and oxygen atoms in total. The van der Waals surface area contributed by atoms with E-state index >= 15 is 0 Å². The fraction of sp³-hybridized carbons (Fsp3) is 0.315. The lowest BCUT2D eigenvalue weighted by Crippen LogP contribution is -2.32. The fourth-order valence-electron chi connectivity index (χ4n) is 8.01. The molecule has 0 atom stereocenters. The van der Waals surface area contributed by atoms with Gasteiger partial charge in [0.25, 0.3) is 0 Å². The van der Waals surface area contributed by atoms with Crippen LogP contribution in [0.2, 0.25) is 0 Å². The van der Waals surface area contributed by atoms with Crippen LogP contribution in [0.4, 0.5) is 28.6 Å². The quantitative estimate of drug-likeness (QED) is 0.154. The predicted molar refractivity (Wildman–Crippen MR) is 250 cm³/mol. The highest BCUT2D eigenvalue weighted by molar-refractivity contribution is 5.77. The van der Waals surface area contributed by atoms with E-state index in [0.717, 1.165) is 45.5 Å². The number of hydrogen-bond acceptors (Lipinski definition) is 5. The molecule has 5 heteroatoms.